The Morgan fingerprint density at radius 3 is 2.61 bits per heavy atom. The van der Waals surface area contributed by atoms with E-state index >= 15 is 0 Å². The molecule has 9 nitrogen and oxygen atoms in total. The highest BCUT2D eigenvalue weighted by molar-refractivity contribution is 7.89. The number of morpholine rings is 1. The van der Waals surface area contributed by atoms with Gasteiger partial charge in [0, 0.05) is 37.1 Å². The molecule has 2 aromatic carbocycles. The minimum Gasteiger partial charge on any atom is -0.379 e. The van der Waals surface area contributed by atoms with Crippen LogP contribution in [0.4, 0.5) is 10.5 Å². The molecule has 162 valence electrons. The smallest absolute Gasteiger partial charge is 0.319 e. The average molecular weight is 442 g/mol. The number of hydrogen-bond donors (Lipinski definition) is 2. The van der Waals surface area contributed by atoms with E-state index < -0.39 is 16.1 Å². The fourth-order valence-corrected chi connectivity index (χ4v) is 4.66. The summed E-state index contributed by atoms with van der Waals surface area (Å²) >= 11 is 0. The number of amides is 2. The highest BCUT2D eigenvalue weighted by atomic mass is 32.2. The van der Waals surface area contributed by atoms with Crippen LogP contribution in [0.1, 0.15) is 5.56 Å². The summed E-state index contributed by atoms with van der Waals surface area (Å²) in [5.41, 5.74) is 2.16. The number of carbonyl (C=O) groups excluding carboxylic acids is 1. The largest absolute Gasteiger partial charge is 0.379 e. The van der Waals surface area contributed by atoms with Crippen molar-refractivity contribution >= 4 is 21.7 Å². The number of urea groups is 1. The number of benzene rings is 2. The Labute approximate surface area is 180 Å². The average Bonchev–Trinajstić information content (AvgIpc) is 3.28. The standard InChI is InChI=1S/C21H23N5O4S/c27-21(22-14-17-15-23-26(16-17)19-6-2-1-3-7-19)24-18-5-4-8-20(13-18)31(28,29)25-9-11-30-12-10-25/h1-8,13,15-16H,9-12,14H2,(H2,22,24,27). The maximum Gasteiger partial charge on any atom is 0.319 e. The van der Waals surface area contributed by atoms with Crippen molar-refractivity contribution in [1.82, 2.24) is 19.4 Å². The third-order valence-electron chi connectivity index (χ3n) is 4.81. The SMILES string of the molecule is O=C(NCc1cnn(-c2ccccc2)c1)Nc1cccc(S(=O)(=O)N2CCOCC2)c1. The van der Waals surface area contributed by atoms with Gasteiger partial charge in [-0.15, -0.1) is 0 Å². The van der Waals surface area contributed by atoms with Crippen LogP contribution in [0.5, 0.6) is 0 Å². The minimum absolute atomic E-state index is 0.135. The Morgan fingerprint density at radius 1 is 1.06 bits per heavy atom. The number of nitrogens with one attached hydrogen (secondary N) is 2. The van der Waals surface area contributed by atoms with Gasteiger partial charge in [-0.3, -0.25) is 0 Å². The van der Waals surface area contributed by atoms with Crippen LogP contribution in [0.2, 0.25) is 0 Å². The predicted molar refractivity (Wildman–Crippen MR) is 115 cm³/mol. The molecule has 0 saturated carbocycles. The van der Waals surface area contributed by atoms with Gasteiger partial charge in [-0.2, -0.15) is 9.40 Å². The van der Waals surface area contributed by atoms with E-state index in [-0.39, 0.29) is 11.4 Å². The van der Waals surface area contributed by atoms with Crippen molar-refractivity contribution in [2.45, 2.75) is 11.4 Å². The molecule has 1 aliphatic heterocycles. The topological polar surface area (TPSA) is 106 Å². The first-order valence-electron chi connectivity index (χ1n) is 9.84. The summed E-state index contributed by atoms with van der Waals surface area (Å²) in [5.74, 6) is 0. The molecule has 4 rings (SSSR count). The second-order valence-electron chi connectivity index (χ2n) is 6.98. The number of sulfonamides is 1. The molecule has 1 saturated heterocycles. The van der Waals surface area contributed by atoms with Crippen LogP contribution in [-0.2, 0) is 21.3 Å². The number of para-hydroxylation sites is 1. The summed E-state index contributed by atoms with van der Waals surface area (Å²) in [6.45, 7) is 1.67. The van der Waals surface area contributed by atoms with Crippen molar-refractivity contribution in [3.05, 3.63) is 72.6 Å². The molecule has 2 amide bonds. The number of rotatable bonds is 6. The quantitative estimate of drug-likeness (QED) is 0.610. The molecule has 0 atom stereocenters. The molecule has 10 heteroatoms. The number of ether oxygens (including phenoxy) is 1. The van der Waals surface area contributed by atoms with E-state index in [0.717, 1.165) is 11.3 Å². The van der Waals surface area contributed by atoms with Crippen molar-refractivity contribution in [1.29, 1.82) is 0 Å². The fourth-order valence-electron chi connectivity index (χ4n) is 3.20. The first-order valence-corrected chi connectivity index (χ1v) is 11.3. The van der Waals surface area contributed by atoms with Crippen LogP contribution in [0.3, 0.4) is 0 Å². The predicted octanol–water partition coefficient (Wildman–Crippen LogP) is 2.21. The molecule has 3 aromatic rings. The lowest BCUT2D eigenvalue weighted by Crippen LogP contribution is -2.40. The second kappa shape index (κ2) is 9.29. The molecular weight excluding hydrogens is 418 g/mol. The van der Waals surface area contributed by atoms with E-state index in [9.17, 15) is 13.2 Å². The summed E-state index contributed by atoms with van der Waals surface area (Å²) in [7, 11) is -3.63. The molecule has 0 aliphatic carbocycles. The van der Waals surface area contributed by atoms with Crippen molar-refractivity contribution in [3.63, 3.8) is 0 Å². The second-order valence-corrected chi connectivity index (χ2v) is 8.92. The number of aromatic nitrogens is 2. The number of carbonyl (C=O) groups is 1. The first kappa shape index (κ1) is 21.0. The van der Waals surface area contributed by atoms with E-state index in [2.05, 4.69) is 15.7 Å². The molecule has 1 aliphatic rings. The van der Waals surface area contributed by atoms with Gasteiger partial charge in [0.2, 0.25) is 10.0 Å². The van der Waals surface area contributed by atoms with E-state index in [1.54, 1.807) is 23.0 Å². The third-order valence-corrected chi connectivity index (χ3v) is 6.70. The fraction of sp³-hybridized carbons (Fsp3) is 0.238. The lowest BCUT2D eigenvalue weighted by Gasteiger charge is -2.26. The molecule has 0 unspecified atom stereocenters. The monoisotopic (exact) mass is 441 g/mol. The van der Waals surface area contributed by atoms with Crippen molar-refractivity contribution < 1.29 is 17.9 Å². The summed E-state index contributed by atoms with van der Waals surface area (Å²) in [5, 5.41) is 9.73. The Morgan fingerprint density at radius 2 is 1.84 bits per heavy atom. The Bertz CT molecular complexity index is 1140. The van der Waals surface area contributed by atoms with Gasteiger partial charge in [-0.25, -0.2) is 17.9 Å². The highest BCUT2D eigenvalue weighted by Gasteiger charge is 2.26. The zero-order chi connectivity index (χ0) is 21.7. The van der Waals surface area contributed by atoms with Crippen LogP contribution in [-0.4, -0.2) is 54.8 Å². The van der Waals surface area contributed by atoms with Gasteiger partial charge in [0.05, 0.1) is 30.0 Å². The number of anilines is 1. The summed E-state index contributed by atoms with van der Waals surface area (Å²) in [6, 6.07) is 15.5. The van der Waals surface area contributed by atoms with Crippen LogP contribution in [0.15, 0.2) is 71.9 Å². The summed E-state index contributed by atoms with van der Waals surface area (Å²) in [4.78, 5) is 12.4. The van der Waals surface area contributed by atoms with Gasteiger partial charge in [0.1, 0.15) is 0 Å². The summed E-state index contributed by atoms with van der Waals surface area (Å²) < 4.78 is 33.9. The molecule has 0 bridgehead atoms. The molecular formula is C21H23N5O4S. The van der Waals surface area contributed by atoms with Crippen molar-refractivity contribution in [2.75, 3.05) is 31.6 Å². The maximum atomic E-state index is 12.8. The third kappa shape index (κ3) is 5.10. The van der Waals surface area contributed by atoms with Gasteiger partial charge < -0.3 is 15.4 Å². The van der Waals surface area contributed by atoms with Crippen LogP contribution in [0, 0.1) is 0 Å². The maximum absolute atomic E-state index is 12.8. The first-order chi connectivity index (χ1) is 15.0. The molecule has 2 N–H and O–H groups in total. The zero-order valence-electron chi connectivity index (χ0n) is 16.8. The zero-order valence-corrected chi connectivity index (χ0v) is 17.6. The normalized spacial score (nSPS) is 14.8. The Balaban J connectivity index is 1.36. The summed E-state index contributed by atoms with van der Waals surface area (Å²) in [6.07, 6.45) is 3.52. The lowest BCUT2D eigenvalue weighted by atomic mass is 10.3. The van der Waals surface area contributed by atoms with Gasteiger partial charge in [0.25, 0.3) is 0 Å². The molecule has 2 heterocycles. The Kier molecular flexibility index (Phi) is 6.31. The van der Waals surface area contributed by atoms with Gasteiger partial charge in [0.15, 0.2) is 0 Å². The van der Waals surface area contributed by atoms with E-state index in [1.807, 2.05) is 36.5 Å². The van der Waals surface area contributed by atoms with Gasteiger partial charge in [-0.05, 0) is 30.3 Å². The van der Waals surface area contributed by atoms with E-state index in [0.29, 0.717) is 32.0 Å². The van der Waals surface area contributed by atoms with E-state index in [4.69, 9.17) is 4.74 Å². The van der Waals surface area contributed by atoms with Gasteiger partial charge in [-0.1, -0.05) is 24.3 Å². The highest BCUT2D eigenvalue weighted by Crippen LogP contribution is 2.20. The number of hydrogen-bond acceptors (Lipinski definition) is 5. The van der Waals surface area contributed by atoms with Crippen molar-refractivity contribution in [3.8, 4) is 5.69 Å². The molecule has 0 spiro atoms. The minimum atomic E-state index is -3.63. The molecule has 1 aromatic heterocycles. The van der Waals surface area contributed by atoms with Crippen LogP contribution in [0.25, 0.3) is 5.69 Å². The van der Waals surface area contributed by atoms with Crippen LogP contribution >= 0.6 is 0 Å². The molecule has 0 radical (unpaired) electrons. The Hall–Kier alpha value is -3.21. The van der Waals surface area contributed by atoms with E-state index in [1.165, 1.54) is 16.4 Å². The van der Waals surface area contributed by atoms with Gasteiger partial charge >= 0.3 is 6.03 Å². The molecule has 31 heavy (non-hydrogen) atoms. The van der Waals surface area contributed by atoms with Crippen LogP contribution < -0.4 is 10.6 Å². The van der Waals surface area contributed by atoms with Crippen molar-refractivity contribution in [2.24, 2.45) is 0 Å². The number of nitrogens with zero attached hydrogens (tertiary/aromatic N) is 3. The molecule has 1 fully saturated rings. The lowest BCUT2D eigenvalue weighted by molar-refractivity contribution is 0.0730.